The van der Waals surface area contributed by atoms with Crippen molar-refractivity contribution < 1.29 is 23.8 Å². The van der Waals surface area contributed by atoms with E-state index in [9.17, 15) is 14.4 Å². The number of piperidine rings is 1. The van der Waals surface area contributed by atoms with Gasteiger partial charge in [-0.05, 0) is 66.4 Å². The number of hydrogen-bond donors (Lipinski definition) is 1. The molecule has 2 aromatic carbocycles. The molecule has 1 aliphatic heterocycles. The van der Waals surface area contributed by atoms with Gasteiger partial charge in [0.25, 0.3) is 5.56 Å². The van der Waals surface area contributed by atoms with Crippen LogP contribution in [0.25, 0.3) is 21.8 Å². The van der Waals surface area contributed by atoms with Crippen LogP contribution in [0.5, 0.6) is 0 Å². The van der Waals surface area contributed by atoms with Gasteiger partial charge in [0.05, 0.1) is 5.52 Å². The normalized spacial score (nSPS) is 15.9. The number of carbonyl (C=O) groups excluding carboxylic acids is 2. The predicted octanol–water partition coefficient (Wildman–Crippen LogP) is 5.77. The third-order valence-corrected chi connectivity index (χ3v) is 10.0. The zero-order chi connectivity index (χ0) is 31.4. The Kier molecular flexibility index (Phi) is 9.67. The minimum Gasteiger partial charge on any atom is -0.435 e. The summed E-state index contributed by atoms with van der Waals surface area (Å²) in [6.07, 6.45) is 1.28. The van der Waals surface area contributed by atoms with E-state index in [1.54, 1.807) is 9.58 Å². The van der Waals surface area contributed by atoms with E-state index in [4.69, 9.17) is 14.2 Å². The van der Waals surface area contributed by atoms with Gasteiger partial charge in [0, 0.05) is 57.5 Å². The van der Waals surface area contributed by atoms with Gasteiger partial charge in [-0.1, -0.05) is 43.9 Å². The molecule has 1 amide bonds. The number of ether oxygens (including phenoxy) is 3. The van der Waals surface area contributed by atoms with Gasteiger partial charge >= 0.3 is 6.09 Å². The lowest BCUT2D eigenvalue weighted by atomic mass is 9.89. The number of fused-ring (bicyclic) bond motifs is 2. The maximum Gasteiger partial charge on any atom is 0.410 e. The van der Waals surface area contributed by atoms with E-state index in [1.165, 1.54) is 7.11 Å². The van der Waals surface area contributed by atoms with Crippen molar-refractivity contribution in [1.29, 1.82) is 0 Å². The Morgan fingerprint density at radius 2 is 1.89 bits per heavy atom. The monoisotopic (exact) mass is 618 g/mol. The van der Waals surface area contributed by atoms with Gasteiger partial charge in [-0.25, -0.2) is 9.48 Å². The van der Waals surface area contributed by atoms with Gasteiger partial charge in [0.2, 0.25) is 0 Å². The van der Waals surface area contributed by atoms with Crippen molar-refractivity contribution in [1.82, 2.24) is 19.7 Å². The van der Waals surface area contributed by atoms with Gasteiger partial charge in [-0.2, -0.15) is 5.10 Å². The van der Waals surface area contributed by atoms with Gasteiger partial charge in [0.1, 0.15) is 12.8 Å². The van der Waals surface area contributed by atoms with Gasteiger partial charge < -0.3 is 24.1 Å². The van der Waals surface area contributed by atoms with Gasteiger partial charge in [0.15, 0.2) is 12.4 Å². The molecule has 1 unspecified atom stereocenters. The fraction of sp³-hybridized carbons (Fsp3) is 0.455. The number of H-pyrrole nitrogens is 1. The van der Waals surface area contributed by atoms with E-state index < -0.39 is 26.4 Å². The highest BCUT2D eigenvalue weighted by atomic mass is 28.3. The van der Waals surface area contributed by atoms with Crippen LogP contribution in [0.3, 0.4) is 0 Å². The van der Waals surface area contributed by atoms with Crippen LogP contribution in [0.15, 0.2) is 53.5 Å². The summed E-state index contributed by atoms with van der Waals surface area (Å²) in [7, 11) is 0.323. The Morgan fingerprint density at radius 3 is 2.59 bits per heavy atom. The standard InChI is InChI=1S/C33H42N4O6Si/c1-22-16-25(17-26-19-37(35-30(22)26)21-42-14-15-44(3,4)5)31(41-2)29(20-38)43-33(40)36-12-10-23(11-13-36)27-18-24-8-6-7-9-28(24)34-32(27)39/h6-9,16-20,23,29,31H,10-15,21H2,1-5H3,(H,34,39)/t29?,31-/m0/s1. The van der Waals surface area contributed by atoms with E-state index in [2.05, 4.69) is 29.7 Å². The third kappa shape index (κ3) is 7.28. The molecule has 0 radical (unpaired) electrons. The van der Waals surface area contributed by atoms with Crippen LogP contribution in [-0.4, -0.2) is 73.0 Å². The average Bonchev–Trinajstić information content (AvgIpc) is 3.42. The molecule has 1 fully saturated rings. The number of pyridine rings is 1. The van der Waals surface area contributed by atoms with Crippen molar-refractivity contribution in [2.75, 3.05) is 26.8 Å². The molecule has 2 atom stereocenters. The Balaban J connectivity index is 1.22. The number of aromatic amines is 1. The lowest BCUT2D eigenvalue weighted by Gasteiger charge is -2.32. The largest absolute Gasteiger partial charge is 0.435 e. The van der Waals surface area contributed by atoms with Crippen LogP contribution in [0, 0.1) is 6.92 Å². The predicted molar refractivity (Wildman–Crippen MR) is 173 cm³/mol. The molecule has 1 saturated heterocycles. The van der Waals surface area contributed by atoms with Crippen LogP contribution in [0.2, 0.25) is 25.7 Å². The van der Waals surface area contributed by atoms with Crippen molar-refractivity contribution in [3.05, 3.63) is 75.7 Å². The lowest BCUT2D eigenvalue weighted by Crippen LogP contribution is -2.42. The number of rotatable bonds is 11. The van der Waals surface area contributed by atoms with Crippen molar-refractivity contribution in [2.45, 2.75) is 70.3 Å². The highest BCUT2D eigenvalue weighted by molar-refractivity contribution is 6.76. The molecule has 11 heteroatoms. The number of nitrogens with zero attached hydrogens (tertiary/aromatic N) is 3. The fourth-order valence-electron chi connectivity index (χ4n) is 5.81. The Bertz CT molecular complexity index is 1690. The quantitative estimate of drug-likeness (QED) is 0.129. The van der Waals surface area contributed by atoms with Crippen molar-refractivity contribution in [3.63, 3.8) is 0 Å². The molecule has 1 aliphatic rings. The minimum atomic E-state index is -1.17. The van der Waals surface area contributed by atoms with Crippen LogP contribution in [0.1, 0.15) is 41.6 Å². The maximum absolute atomic E-state index is 13.2. The summed E-state index contributed by atoms with van der Waals surface area (Å²) < 4.78 is 19.1. The molecule has 5 rings (SSSR count). The number of nitrogens with one attached hydrogen (secondary N) is 1. The minimum absolute atomic E-state index is 0.0300. The lowest BCUT2D eigenvalue weighted by molar-refractivity contribution is -0.123. The number of carbonyl (C=O) groups is 2. The third-order valence-electron chi connectivity index (χ3n) is 8.32. The number of para-hydroxylation sites is 1. The van der Waals surface area contributed by atoms with Crippen molar-refractivity contribution in [3.8, 4) is 0 Å². The van der Waals surface area contributed by atoms with E-state index >= 15 is 0 Å². The summed E-state index contributed by atoms with van der Waals surface area (Å²) in [6, 6.07) is 14.6. The number of aromatic nitrogens is 3. The highest BCUT2D eigenvalue weighted by Gasteiger charge is 2.32. The number of likely N-dealkylation sites (tertiary alicyclic amines) is 1. The number of aldehydes is 1. The van der Waals surface area contributed by atoms with Crippen LogP contribution in [-0.2, 0) is 25.7 Å². The summed E-state index contributed by atoms with van der Waals surface area (Å²) in [4.78, 5) is 42.7. The Morgan fingerprint density at radius 1 is 1.14 bits per heavy atom. The smallest absolute Gasteiger partial charge is 0.410 e. The first kappa shape index (κ1) is 31.6. The molecular weight excluding hydrogens is 576 g/mol. The first-order valence-electron chi connectivity index (χ1n) is 15.2. The molecular formula is C33H42N4O6Si. The van der Waals surface area contributed by atoms with Gasteiger partial charge in [-0.3, -0.25) is 9.59 Å². The molecule has 0 spiro atoms. The van der Waals surface area contributed by atoms with E-state index in [0.717, 1.165) is 44.5 Å². The Hall–Kier alpha value is -3.80. The van der Waals surface area contributed by atoms with E-state index in [1.807, 2.05) is 55.6 Å². The zero-order valence-corrected chi connectivity index (χ0v) is 27.2. The second-order valence-corrected chi connectivity index (χ2v) is 18.5. The molecule has 3 heterocycles. The molecule has 1 N–H and O–H groups in total. The number of amides is 1. The SMILES string of the molecule is CO[C@@H](c1cc(C)c2nn(COCC[Si](C)(C)C)cc2c1)C(C=O)OC(=O)N1CCC(c2cc3ccccc3[nH]c2=O)CC1. The van der Waals surface area contributed by atoms with E-state index in [0.29, 0.717) is 45.6 Å². The summed E-state index contributed by atoms with van der Waals surface area (Å²) in [5.41, 5.74) is 3.92. The second kappa shape index (κ2) is 13.5. The van der Waals surface area contributed by atoms with Crippen LogP contribution in [0.4, 0.5) is 4.79 Å². The van der Waals surface area contributed by atoms with Crippen molar-refractivity contribution in [2.24, 2.45) is 0 Å². The average molecular weight is 619 g/mol. The fourth-order valence-corrected chi connectivity index (χ4v) is 6.56. The molecule has 0 saturated carbocycles. The second-order valence-electron chi connectivity index (χ2n) is 12.8. The van der Waals surface area contributed by atoms with Crippen molar-refractivity contribution >= 4 is 42.3 Å². The molecule has 234 valence electrons. The molecule has 4 aromatic rings. The molecule has 2 aromatic heterocycles. The number of hydrogen-bond acceptors (Lipinski definition) is 7. The summed E-state index contributed by atoms with van der Waals surface area (Å²) >= 11 is 0. The van der Waals surface area contributed by atoms with Crippen LogP contribution < -0.4 is 5.56 Å². The highest BCUT2D eigenvalue weighted by Crippen LogP contribution is 2.30. The number of methoxy groups -OCH3 is 1. The molecule has 44 heavy (non-hydrogen) atoms. The van der Waals surface area contributed by atoms with E-state index in [-0.39, 0.29) is 11.5 Å². The molecule has 10 nitrogen and oxygen atoms in total. The van der Waals surface area contributed by atoms with Crippen LogP contribution >= 0.6 is 0 Å². The number of aryl methyl sites for hydroxylation is 1. The summed E-state index contributed by atoms with van der Waals surface area (Å²) in [5.74, 6) is 0.0300. The first-order valence-corrected chi connectivity index (χ1v) is 18.9. The first-order chi connectivity index (χ1) is 21.1. The molecule has 0 bridgehead atoms. The summed E-state index contributed by atoms with van der Waals surface area (Å²) in [5, 5.41) is 6.54. The maximum atomic E-state index is 13.2. The zero-order valence-electron chi connectivity index (χ0n) is 26.2. The number of benzene rings is 2. The Labute approximate surface area is 258 Å². The van der Waals surface area contributed by atoms with Gasteiger partial charge in [-0.15, -0.1) is 0 Å². The topological polar surface area (TPSA) is 116 Å². The summed E-state index contributed by atoms with van der Waals surface area (Å²) in [6.45, 7) is 10.8. The molecule has 0 aliphatic carbocycles.